The lowest BCUT2D eigenvalue weighted by Gasteiger charge is -2.20. The van der Waals surface area contributed by atoms with Crippen LogP contribution in [0.25, 0.3) is 0 Å². The van der Waals surface area contributed by atoms with E-state index >= 15 is 0 Å². The SMILES string of the molecule is CNC(=O)C(=NOC)c1cc([Si](C)(C)C)ccc1Oc1ccccc1. The Bertz CT molecular complexity index is 768. The largest absolute Gasteiger partial charge is 0.457 e. The highest BCUT2D eigenvalue weighted by molar-refractivity contribution is 6.88. The van der Waals surface area contributed by atoms with Gasteiger partial charge < -0.3 is 14.9 Å². The molecule has 0 aromatic heterocycles. The molecule has 2 aromatic rings. The van der Waals surface area contributed by atoms with Crippen molar-refractivity contribution in [2.75, 3.05) is 14.2 Å². The number of oxime groups is 1. The van der Waals surface area contributed by atoms with Crippen LogP contribution in [-0.2, 0) is 9.63 Å². The molecule has 0 unspecified atom stereocenters. The van der Waals surface area contributed by atoms with Gasteiger partial charge in [-0.2, -0.15) is 0 Å². The second-order valence-corrected chi connectivity index (χ2v) is 11.7. The Hall–Kier alpha value is -2.60. The minimum atomic E-state index is -1.58. The highest BCUT2D eigenvalue weighted by Gasteiger charge is 2.23. The second kappa shape index (κ2) is 7.98. The van der Waals surface area contributed by atoms with Crippen LogP contribution in [0.2, 0.25) is 19.6 Å². The zero-order chi connectivity index (χ0) is 18.4. The summed E-state index contributed by atoms with van der Waals surface area (Å²) in [5.41, 5.74) is 0.806. The number of para-hydroxylation sites is 1. The number of amides is 1. The van der Waals surface area contributed by atoms with E-state index in [0.29, 0.717) is 17.1 Å². The average Bonchev–Trinajstić information content (AvgIpc) is 2.59. The molecule has 132 valence electrons. The van der Waals surface area contributed by atoms with E-state index in [2.05, 4.69) is 36.2 Å². The summed E-state index contributed by atoms with van der Waals surface area (Å²) >= 11 is 0. The van der Waals surface area contributed by atoms with Gasteiger partial charge in [0.05, 0.1) is 13.6 Å². The number of likely N-dealkylation sites (N-methyl/N-ethyl adjacent to an activating group) is 1. The Kier molecular flexibility index (Phi) is 5.98. The molecule has 0 atom stereocenters. The van der Waals surface area contributed by atoms with Crippen LogP contribution in [0.15, 0.2) is 53.7 Å². The monoisotopic (exact) mass is 356 g/mol. The summed E-state index contributed by atoms with van der Waals surface area (Å²) in [6.07, 6.45) is 0. The molecule has 0 fully saturated rings. The molecule has 1 amide bonds. The first-order valence-electron chi connectivity index (χ1n) is 8.08. The van der Waals surface area contributed by atoms with Gasteiger partial charge in [0.1, 0.15) is 18.6 Å². The quantitative estimate of drug-likeness (QED) is 0.491. The van der Waals surface area contributed by atoms with Gasteiger partial charge in [0.15, 0.2) is 5.71 Å². The van der Waals surface area contributed by atoms with Crippen LogP contribution < -0.4 is 15.2 Å². The van der Waals surface area contributed by atoms with Crippen LogP contribution >= 0.6 is 0 Å². The average molecular weight is 356 g/mol. The van der Waals surface area contributed by atoms with E-state index in [1.165, 1.54) is 12.3 Å². The molecular weight excluding hydrogens is 332 g/mol. The van der Waals surface area contributed by atoms with Gasteiger partial charge in [0.25, 0.3) is 5.91 Å². The maximum absolute atomic E-state index is 12.3. The van der Waals surface area contributed by atoms with Crippen LogP contribution in [0.3, 0.4) is 0 Å². The molecule has 0 aliphatic rings. The lowest BCUT2D eigenvalue weighted by Crippen LogP contribution is -2.38. The molecular formula is C19H24N2O3Si. The summed E-state index contributed by atoms with van der Waals surface area (Å²) in [4.78, 5) is 17.2. The number of ether oxygens (including phenoxy) is 1. The van der Waals surface area contributed by atoms with Crippen molar-refractivity contribution in [1.29, 1.82) is 0 Å². The summed E-state index contributed by atoms with van der Waals surface area (Å²) in [5, 5.41) is 7.74. The third-order valence-electron chi connectivity index (χ3n) is 3.70. The van der Waals surface area contributed by atoms with E-state index in [0.717, 1.165) is 0 Å². The fraction of sp³-hybridized carbons (Fsp3) is 0.263. The standard InChI is InChI=1S/C19H24N2O3Si/c1-20-19(22)18(21-23-2)16-13-15(25(3,4)5)11-12-17(16)24-14-9-7-6-8-10-14/h6-13H,1-5H3,(H,20,22). The smallest absolute Gasteiger partial charge is 0.273 e. The van der Waals surface area contributed by atoms with Gasteiger partial charge in [-0.25, -0.2) is 0 Å². The Morgan fingerprint density at radius 1 is 1.08 bits per heavy atom. The zero-order valence-corrected chi connectivity index (χ0v) is 16.3. The van der Waals surface area contributed by atoms with E-state index in [9.17, 15) is 4.79 Å². The van der Waals surface area contributed by atoms with Crippen molar-refractivity contribution in [3.63, 3.8) is 0 Å². The number of nitrogens with zero attached hydrogens (tertiary/aromatic N) is 1. The molecule has 2 aromatic carbocycles. The Labute approximate surface area is 149 Å². The molecule has 0 saturated heterocycles. The number of hydrogen-bond acceptors (Lipinski definition) is 4. The highest BCUT2D eigenvalue weighted by atomic mass is 28.3. The minimum absolute atomic E-state index is 0.191. The third kappa shape index (κ3) is 4.70. The molecule has 2 rings (SSSR count). The number of benzene rings is 2. The van der Waals surface area contributed by atoms with E-state index in [-0.39, 0.29) is 11.6 Å². The van der Waals surface area contributed by atoms with E-state index in [1.54, 1.807) is 7.05 Å². The third-order valence-corrected chi connectivity index (χ3v) is 5.74. The summed E-state index contributed by atoms with van der Waals surface area (Å²) < 4.78 is 6.00. The number of nitrogens with one attached hydrogen (secondary N) is 1. The van der Waals surface area contributed by atoms with Crippen molar-refractivity contribution in [1.82, 2.24) is 5.32 Å². The van der Waals surface area contributed by atoms with E-state index < -0.39 is 8.07 Å². The van der Waals surface area contributed by atoms with E-state index in [1.807, 2.05) is 42.5 Å². The first-order valence-corrected chi connectivity index (χ1v) is 11.6. The van der Waals surface area contributed by atoms with Crippen molar-refractivity contribution in [3.05, 3.63) is 54.1 Å². The highest BCUT2D eigenvalue weighted by Crippen LogP contribution is 2.26. The normalized spacial score (nSPS) is 11.8. The fourth-order valence-corrected chi connectivity index (χ4v) is 3.47. The minimum Gasteiger partial charge on any atom is -0.457 e. The Balaban J connectivity index is 2.58. The van der Waals surface area contributed by atoms with Crippen molar-refractivity contribution in [3.8, 4) is 11.5 Å². The lowest BCUT2D eigenvalue weighted by molar-refractivity contribution is -0.114. The van der Waals surface area contributed by atoms with Crippen LogP contribution in [-0.4, -0.2) is 33.9 Å². The number of rotatable bonds is 6. The summed E-state index contributed by atoms with van der Waals surface area (Å²) in [5.74, 6) is 0.929. The number of carbonyl (C=O) groups is 1. The second-order valence-electron chi connectivity index (χ2n) is 6.58. The fourth-order valence-electron chi connectivity index (χ4n) is 2.31. The van der Waals surface area contributed by atoms with Crippen LogP contribution in [0.4, 0.5) is 0 Å². The van der Waals surface area contributed by atoms with Gasteiger partial charge in [-0.1, -0.05) is 54.2 Å². The first-order chi connectivity index (χ1) is 11.9. The summed E-state index contributed by atoms with van der Waals surface area (Å²) in [6, 6.07) is 15.4. The van der Waals surface area contributed by atoms with Gasteiger partial charge in [0.2, 0.25) is 0 Å². The van der Waals surface area contributed by atoms with Crippen LogP contribution in [0, 0.1) is 0 Å². The molecule has 0 saturated carbocycles. The van der Waals surface area contributed by atoms with Gasteiger partial charge in [-0.05, 0) is 24.3 Å². The molecule has 1 N–H and O–H groups in total. The lowest BCUT2D eigenvalue weighted by atomic mass is 10.1. The molecule has 0 aliphatic carbocycles. The van der Waals surface area contributed by atoms with Gasteiger partial charge in [-0.3, -0.25) is 4.79 Å². The molecule has 0 heterocycles. The van der Waals surface area contributed by atoms with Gasteiger partial charge in [-0.15, -0.1) is 0 Å². The van der Waals surface area contributed by atoms with Crippen LogP contribution in [0.5, 0.6) is 11.5 Å². The maximum Gasteiger partial charge on any atom is 0.273 e. The van der Waals surface area contributed by atoms with Crippen molar-refractivity contribution in [2.24, 2.45) is 5.16 Å². The first kappa shape index (κ1) is 18.7. The predicted molar refractivity (Wildman–Crippen MR) is 104 cm³/mol. The van der Waals surface area contributed by atoms with Gasteiger partial charge >= 0.3 is 0 Å². The molecule has 0 aliphatic heterocycles. The molecule has 5 nitrogen and oxygen atoms in total. The number of hydrogen-bond donors (Lipinski definition) is 1. The van der Waals surface area contributed by atoms with Crippen molar-refractivity contribution >= 4 is 24.9 Å². The van der Waals surface area contributed by atoms with Gasteiger partial charge in [0, 0.05) is 7.05 Å². The molecule has 25 heavy (non-hydrogen) atoms. The van der Waals surface area contributed by atoms with Crippen LogP contribution in [0.1, 0.15) is 5.56 Å². The molecule has 0 bridgehead atoms. The van der Waals surface area contributed by atoms with E-state index in [4.69, 9.17) is 9.57 Å². The maximum atomic E-state index is 12.3. The molecule has 0 radical (unpaired) electrons. The van der Waals surface area contributed by atoms with Crippen molar-refractivity contribution < 1.29 is 14.4 Å². The Morgan fingerprint density at radius 3 is 2.32 bits per heavy atom. The molecule has 0 spiro atoms. The molecule has 6 heteroatoms. The Morgan fingerprint density at radius 2 is 1.76 bits per heavy atom. The predicted octanol–water partition coefficient (Wildman–Crippen LogP) is 3.12. The zero-order valence-electron chi connectivity index (χ0n) is 15.3. The summed E-state index contributed by atoms with van der Waals surface area (Å²) in [6.45, 7) is 6.74. The van der Waals surface area contributed by atoms with Crippen molar-refractivity contribution in [2.45, 2.75) is 19.6 Å². The summed E-state index contributed by atoms with van der Waals surface area (Å²) in [7, 11) is 1.41. The topological polar surface area (TPSA) is 59.9 Å². The number of carbonyl (C=O) groups excluding carboxylic acids is 1.